The van der Waals surface area contributed by atoms with Crippen molar-refractivity contribution in [2.75, 3.05) is 31.5 Å². The molecule has 0 unspecified atom stereocenters. The van der Waals surface area contributed by atoms with Gasteiger partial charge in [0, 0.05) is 37.0 Å². The van der Waals surface area contributed by atoms with Crippen LogP contribution in [0, 0.1) is 12.3 Å². The molecule has 32 heavy (non-hydrogen) atoms. The number of anilines is 1. The molecule has 1 aliphatic rings. The topological polar surface area (TPSA) is 86.8 Å². The van der Waals surface area contributed by atoms with Crippen molar-refractivity contribution < 1.29 is 18.0 Å². The Morgan fingerprint density at radius 1 is 1.06 bits per heavy atom. The van der Waals surface area contributed by atoms with Gasteiger partial charge in [-0.2, -0.15) is 4.31 Å². The van der Waals surface area contributed by atoms with Crippen molar-refractivity contribution in [3.05, 3.63) is 57.8 Å². The summed E-state index contributed by atoms with van der Waals surface area (Å²) in [6.07, 6.45) is 1.58. The summed E-state index contributed by atoms with van der Waals surface area (Å²) >= 11 is 1.25. The molecule has 1 fully saturated rings. The van der Waals surface area contributed by atoms with Crippen LogP contribution in [0.1, 0.15) is 41.6 Å². The van der Waals surface area contributed by atoms with E-state index in [0.29, 0.717) is 23.0 Å². The molecule has 1 aromatic heterocycles. The minimum absolute atomic E-state index is 0.111. The van der Waals surface area contributed by atoms with Crippen molar-refractivity contribution in [1.82, 2.24) is 9.21 Å². The molecular formula is C23H29N3O4S2. The largest absolute Gasteiger partial charge is 0.335 e. The molecule has 0 aliphatic carbocycles. The fourth-order valence-electron chi connectivity index (χ4n) is 3.16. The van der Waals surface area contributed by atoms with Crippen molar-refractivity contribution >= 4 is 44.3 Å². The van der Waals surface area contributed by atoms with E-state index in [9.17, 15) is 18.0 Å². The van der Waals surface area contributed by atoms with Gasteiger partial charge in [-0.3, -0.25) is 9.59 Å². The second-order valence-corrected chi connectivity index (χ2v) is 11.6. The first-order chi connectivity index (χ1) is 15.0. The lowest BCUT2D eigenvalue weighted by Gasteiger charge is -2.33. The first-order valence-electron chi connectivity index (χ1n) is 10.4. The number of aryl methyl sites for hydroxylation is 1. The van der Waals surface area contributed by atoms with Gasteiger partial charge in [0.1, 0.15) is 0 Å². The van der Waals surface area contributed by atoms with Crippen molar-refractivity contribution in [2.24, 2.45) is 5.41 Å². The first kappa shape index (κ1) is 24.2. The molecule has 9 heteroatoms. The van der Waals surface area contributed by atoms with Crippen molar-refractivity contribution in [2.45, 2.75) is 27.7 Å². The zero-order valence-corrected chi connectivity index (χ0v) is 20.4. The molecule has 0 atom stereocenters. The zero-order valence-electron chi connectivity index (χ0n) is 18.8. The highest BCUT2D eigenvalue weighted by Gasteiger charge is 2.29. The maximum absolute atomic E-state index is 13.0. The Bertz CT molecular complexity index is 1110. The summed E-state index contributed by atoms with van der Waals surface area (Å²) in [4.78, 5) is 27.5. The predicted molar refractivity (Wildman–Crippen MR) is 129 cm³/mol. The van der Waals surface area contributed by atoms with Gasteiger partial charge in [-0.15, -0.1) is 11.3 Å². The van der Waals surface area contributed by atoms with Crippen LogP contribution in [0.2, 0.25) is 0 Å². The van der Waals surface area contributed by atoms with Crippen molar-refractivity contribution in [3.63, 3.8) is 0 Å². The Morgan fingerprint density at radius 2 is 1.69 bits per heavy atom. The van der Waals surface area contributed by atoms with Crippen molar-refractivity contribution in [1.29, 1.82) is 0 Å². The number of carbonyl (C=O) groups is 2. The average molecular weight is 476 g/mol. The Labute approximate surface area is 193 Å². The Balaban J connectivity index is 1.62. The van der Waals surface area contributed by atoms with E-state index in [1.54, 1.807) is 17.0 Å². The van der Waals surface area contributed by atoms with Crippen LogP contribution in [0.4, 0.5) is 5.00 Å². The normalized spacial score (nSPS) is 15.8. The lowest BCUT2D eigenvalue weighted by molar-refractivity contribution is -0.123. The summed E-state index contributed by atoms with van der Waals surface area (Å²) in [5.41, 5.74) is 1.08. The van der Waals surface area contributed by atoms with Crippen LogP contribution >= 0.6 is 11.3 Å². The molecule has 1 saturated heterocycles. The number of benzene rings is 1. The third-order valence-electron chi connectivity index (χ3n) is 5.15. The summed E-state index contributed by atoms with van der Waals surface area (Å²) in [5, 5.41) is 4.72. The van der Waals surface area contributed by atoms with Gasteiger partial charge in [0.2, 0.25) is 15.9 Å². The third-order valence-corrected chi connectivity index (χ3v) is 7.85. The van der Waals surface area contributed by atoms with E-state index in [1.807, 2.05) is 58.0 Å². The molecule has 2 aromatic rings. The number of nitrogens with zero attached hydrogens (tertiary/aromatic N) is 2. The van der Waals surface area contributed by atoms with Crippen LogP contribution in [0.5, 0.6) is 0 Å². The van der Waals surface area contributed by atoms with Crippen LogP contribution < -0.4 is 5.32 Å². The second-order valence-electron chi connectivity index (χ2n) is 8.78. The smallest absolute Gasteiger partial charge is 0.264 e. The van der Waals surface area contributed by atoms with Gasteiger partial charge in [0.05, 0.1) is 9.88 Å². The molecule has 1 aliphatic heterocycles. The fraction of sp³-hybridized carbons (Fsp3) is 0.391. The van der Waals surface area contributed by atoms with Crippen LogP contribution in [0.25, 0.3) is 6.08 Å². The lowest BCUT2D eigenvalue weighted by Crippen LogP contribution is -2.50. The number of amides is 2. The SMILES string of the molecule is Cc1cc(NC(=O)C(C)(C)C)sc1C(=O)N1CCN(S(=O)(=O)/C=C/c2ccccc2)CC1. The number of piperazine rings is 1. The van der Waals surface area contributed by atoms with E-state index < -0.39 is 15.4 Å². The van der Waals surface area contributed by atoms with Crippen molar-refractivity contribution in [3.8, 4) is 0 Å². The minimum Gasteiger partial charge on any atom is -0.335 e. The highest BCUT2D eigenvalue weighted by molar-refractivity contribution is 7.92. The van der Waals surface area contributed by atoms with E-state index in [2.05, 4.69) is 5.32 Å². The van der Waals surface area contributed by atoms with E-state index in [-0.39, 0.29) is 24.9 Å². The number of carbonyl (C=O) groups excluding carboxylic acids is 2. The molecule has 2 amide bonds. The van der Waals surface area contributed by atoms with Crippen LogP contribution in [-0.4, -0.2) is 55.6 Å². The average Bonchev–Trinajstić information content (AvgIpc) is 3.12. The van der Waals surface area contributed by atoms with Gasteiger partial charge < -0.3 is 10.2 Å². The van der Waals surface area contributed by atoms with E-state index in [4.69, 9.17) is 0 Å². The summed E-state index contributed by atoms with van der Waals surface area (Å²) in [5.74, 6) is -0.249. The summed E-state index contributed by atoms with van der Waals surface area (Å²) in [7, 11) is -3.56. The molecular weight excluding hydrogens is 446 g/mol. The summed E-state index contributed by atoms with van der Waals surface area (Å²) < 4.78 is 26.7. The maximum Gasteiger partial charge on any atom is 0.264 e. The number of hydrogen-bond donors (Lipinski definition) is 1. The monoisotopic (exact) mass is 475 g/mol. The number of thiophene rings is 1. The molecule has 0 radical (unpaired) electrons. The van der Waals surface area contributed by atoms with Gasteiger partial charge >= 0.3 is 0 Å². The second kappa shape index (κ2) is 9.56. The van der Waals surface area contributed by atoms with Gasteiger partial charge in [0.15, 0.2) is 0 Å². The molecule has 1 N–H and O–H groups in total. The van der Waals surface area contributed by atoms with Gasteiger partial charge in [0.25, 0.3) is 5.91 Å². The molecule has 7 nitrogen and oxygen atoms in total. The molecule has 0 bridgehead atoms. The molecule has 2 heterocycles. The number of nitrogens with one attached hydrogen (secondary N) is 1. The molecule has 1 aromatic carbocycles. The minimum atomic E-state index is -3.56. The molecule has 3 rings (SSSR count). The van der Waals surface area contributed by atoms with Crippen LogP contribution in [0.15, 0.2) is 41.8 Å². The molecule has 0 spiro atoms. The quantitative estimate of drug-likeness (QED) is 0.713. The van der Waals surface area contributed by atoms with Gasteiger partial charge in [-0.25, -0.2) is 8.42 Å². The van der Waals surface area contributed by atoms with Gasteiger partial charge in [-0.1, -0.05) is 51.1 Å². The number of hydrogen-bond acceptors (Lipinski definition) is 5. The van der Waals surface area contributed by atoms with E-state index >= 15 is 0 Å². The summed E-state index contributed by atoms with van der Waals surface area (Å²) in [6, 6.07) is 11.1. The number of sulfonamides is 1. The highest BCUT2D eigenvalue weighted by Crippen LogP contribution is 2.30. The Kier molecular flexibility index (Phi) is 7.22. The number of rotatable bonds is 5. The highest BCUT2D eigenvalue weighted by atomic mass is 32.2. The molecule has 172 valence electrons. The third kappa shape index (κ3) is 5.85. The Morgan fingerprint density at radius 3 is 2.28 bits per heavy atom. The summed E-state index contributed by atoms with van der Waals surface area (Å²) in [6.45, 7) is 8.45. The van der Waals surface area contributed by atoms with E-state index in [1.165, 1.54) is 21.1 Å². The van der Waals surface area contributed by atoms with E-state index in [0.717, 1.165) is 11.1 Å². The fourth-order valence-corrected chi connectivity index (χ4v) is 5.37. The van der Waals surface area contributed by atoms with Crippen LogP contribution in [-0.2, 0) is 14.8 Å². The van der Waals surface area contributed by atoms with Gasteiger partial charge in [-0.05, 0) is 30.2 Å². The standard InChI is InChI=1S/C23H29N3O4S2/c1-17-16-19(24-22(28)23(2,3)4)31-20(17)21(27)25-11-13-26(14-12-25)32(29,30)15-10-18-8-6-5-7-9-18/h5-10,15-16H,11-14H2,1-4H3,(H,24,28)/b15-10+. The zero-order chi connectivity index (χ0) is 23.5. The molecule has 0 saturated carbocycles. The predicted octanol–water partition coefficient (Wildman–Crippen LogP) is 3.80. The maximum atomic E-state index is 13.0. The van der Waals surface area contributed by atoms with Crippen LogP contribution in [0.3, 0.4) is 0 Å². The Hall–Kier alpha value is -2.49. The lowest BCUT2D eigenvalue weighted by atomic mass is 9.96. The first-order valence-corrected chi connectivity index (χ1v) is 12.7.